The number of carbonyl (C=O) groups is 1. The maximum absolute atomic E-state index is 11.9. The Hall–Kier alpha value is -1.56. The Balaban J connectivity index is 2.77. The van der Waals surface area contributed by atoms with Crippen molar-refractivity contribution in [1.82, 2.24) is 0 Å². The number of aliphatic carboxylic acids is 1. The van der Waals surface area contributed by atoms with Gasteiger partial charge in [-0.05, 0) is 51.0 Å². The molecular formula is C15H23NO4S. The molecule has 0 aliphatic rings. The number of sulfone groups is 1. The summed E-state index contributed by atoms with van der Waals surface area (Å²) >= 11 is 0. The van der Waals surface area contributed by atoms with Crippen LogP contribution in [0.3, 0.4) is 0 Å². The van der Waals surface area contributed by atoms with Crippen LogP contribution in [0.25, 0.3) is 0 Å². The SMILES string of the molecule is CCCS(=O)(=O)c1ccc(NC(C)(C)CCC(=O)O)cc1. The van der Waals surface area contributed by atoms with Crippen molar-refractivity contribution in [1.29, 1.82) is 0 Å². The zero-order chi connectivity index (χ0) is 16.1. The first-order valence-corrected chi connectivity index (χ1v) is 8.64. The minimum Gasteiger partial charge on any atom is -0.481 e. The number of nitrogens with one attached hydrogen (secondary N) is 1. The Morgan fingerprint density at radius 2 is 1.81 bits per heavy atom. The molecule has 0 amide bonds. The quantitative estimate of drug-likeness (QED) is 0.771. The number of anilines is 1. The Morgan fingerprint density at radius 1 is 1.24 bits per heavy atom. The van der Waals surface area contributed by atoms with Crippen molar-refractivity contribution in [2.45, 2.75) is 50.5 Å². The van der Waals surface area contributed by atoms with E-state index in [9.17, 15) is 13.2 Å². The van der Waals surface area contributed by atoms with E-state index < -0.39 is 15.8 Å². The number of hydrogen-bond donors (Lipinski definition) is 2. The number of carboxylic acid groups (broad SMARTS) is 1. The van der Waals surface area contributed by atoms with Crippen molar-refractivity contribution in [2.75, 3.05) is 11.1 Å². The van der Waals surface area contributed by atoms with Crippen LogP contribution in [0, 0.1) is 0 Å². The molecule has 0 heterocycles. The van der Waals surface area contributed by atoms with Gasteiger partial charge in [0.25, 0.3) is 0 Å². The van der Waals surface area contributed by atoms with E-state index in [1.165, 1.54) is 0 Å². The first-order valence-electron chi connectivity index (χ1n) is 6.99. The van der Waals surface area contributed by atoms with Crippen LogP contribution in [0.5, 0.6) is 0 Å². The molecule has 0 aromatic heterocycles. The van der Waals surface area contributed by atoms with E-state index in [-0.39, 0.29) is 17.7 Å². The van der Waals surface area contributed by atoms with E-state index in [0.717, 1.165) is 5.69 Å². The monoisotopic (exact) mass is 313 g/mol. The molecule has 0 atom stereocenters. The van der Waals surface area contributed by atoms with Gasteiger partial charge in [0.05, 0.1) is 10.6 Å². The molecule has 0 saturated heterocycles. The van der Waals surface area contributed by atoms with Gasteiger partial charge in [0.2, 0.25) is 0 Å². The van der Waals surface area contributed by atoms with Crippen molar-refractivity contribution >= 4 is 21.5 Å². The van der Waals surface area contributed by atoms with E-state index in [1.54, 1.807) is 24.3 Å². The van der Waals surface area contributed by atoms with Crippen LogP contribution < -0.4 is 5.32 Å². The molecule has 0 unspecified atom stereocenters. The molecule has 1 aromatic carbocycles. The third-order valence-electron chi connectivity index (χ3n) is 3.13. The second kappa shape index (κ2) is 6.93. The zero-order valence-corrected chi connectivity index (χ0v) is 13.5. The van der Waals surface area contributed by atoms with Gasteiger partial charge >= 0.3 is 5.97 Å². The lowest BCUT2D eigenvalue weighted by Crippen LogP contribution is -2.31. The highest BCUT2D eigenvalue weighted by atomic mass is 32.2. The van der Waals surface area contributed by atoms with Crippen molar-refractivity contribution in [3.63, 3.8) is 0 Å². The van der Waals surface area contributed by atoms with Gasteiger partial charge in [0.1, 0.15) is 0 Å². The molecule has 0 fully saturated rings. The van der Waals surface area contributed by atoms with E-state index in [1.807, 2.05) is 20.8 Å². The van der Waals surface area contributed by atoms with Crippen molar-refractivity contribution < 1.29 is 18.3 Å². The molecule has 0 aliphatic heterocycles. The number of benzene rings is 1. The molecule has 0 radical (unpaired) electrons. The average molecular weight is 313 g/mol. The van der Waals surface area contributed by atoms with E-state index >= 15 is 0 Å². The van der Waals surface area contributed by atoms with Gasteiger partial charge in [-0.15, -0.1) is 0 Å². The van der Waals surface area contributed by atoms with Gasteiger partial charge in [0.15, 0.2) is 9.84 Å². The molecule has 0 aliphatic carbocycles. The van der Waals surface area contributed by atoms with Crippen LogP contribution in [0.4, 0.5) is 5.69 Å². The minimum absolute atomic E-state index is 0.0863. The van der Waals surface area contributed by atoms with Gasteiger partial charge in [-0.3, -0.25) is 4.79 Å². The van der Waals surface area contributed by atoms with Crippen LogP contribution >= 0.6 is 0 Å². The summed E-state index contributed by atoms with van der Waals surface area (Å²) < 4.78 is 23.8. The Labute approximate surface area is 126 Å². The summed E-state index contributed by atoms with van der Waals surface area (Å²) in [6.45, 7) is 5.66. The highest BCUT2D eigenvalue weighted by Crippen LogP contribution is 2.22. The fourth-order valence-electron chi connectivity index (χ4n) is 2.00. The molecule has 6 heteroatoms. The molecular weight excluding hydrogens is 290 g/mol. The highest BCUT2D eigenvalue weighted by molar-refractivity contribution is 7.91. The summed E-state index contributed by atoms with van der Waals surface area (Å²) in [4.78, 5) is 10.9. The fourth-order valence-corrected chi connectivity index (χ4v) is 3.33. The van der Waals surface area contributed by atoms with Gasteiger partial charge in [0, 0.05) is 17.6 Å². The topological polar surface area (TPSA) is 83.5 Å². The van der Waals surface area contributed by atoms with Crippen molar-refractivity contribution in [3.8, 4) is 0 Å². The summed E-state index contributed by atoms with van der Waals surface area (Å²) in [6.07, 6.45) is 1.16. The Kier molecular flexibility index (Phi) is 5.78. The van der Waals surface area contributed by atoms with Crippen molar-refractivity contribution in [2.24, 2.45) is 0 Å². The molecule has 118 valence electrons. The lowest BCUT2D eigenvalue weighted by atomic mass is 9.98. The Bertz CT molecular complexity index is 576. The smallest absolute Gasteiger partial charge is 0.303 e. The van der Waals surface area contributed by atoms with Gasteiger partial charge in [-0.1, -0.05) is 6.92 Å². The molecule has 0 bridgehead atoms. The third kappa shape index (κ3) is 5.75. The maximum atomic E-state index is 11.9. The van der Waals surface area contributed by atoms with Crippen LogP contribution in [-0.4, -0.2) is 30.8 Å². The molecule has 0 spiro atoms. The second-order valence-electron chi connectivity index (χ2n) is 5.75. The zero-order valence-electron chi connectivity index (χ0n) is 12.7. The standard InChI is InChI=1S/C15H23NO4S/c1-4-11-21(19,20)13-7-5-12(6-8-13)16-15(2,3)10-9-14(17)18/h5-8,16H,4,9-11H2,1-3H3,(H,17,18). The van der Waals surface area contributed by atoms with E-state index in [2.05, 4.69) is 5.32 Å². The summed E-state index contributed by atoms with van der Waals surface area (Å²) in [5.41, 5.74) is 0.406. The predicted molar refractivity (Wildman–Crippen MR) is 83.4 cm³/mol. The van der Waals surface area contributed by atoms with Gasteiger partial charge < -0.3 is 10.4 Å². The van der Waals surface area contributed by atoms with E-state index in [4.69, 9.17) is 5.11 Å². The van der Waals surface area contributed by atoms with Crippen molar-refractivity contribution in [3.05, 3.63) is 24.3 Å². The van der Waals surface area contributed by atoms with E-state index in [0.29, 0.717) is 17.7 Å². The minimum atomic E-state index is -3.20. The van der Waals surface area contributed by atoms with Gasteiger partial charge in [-0.25, -0.2) is 8.42 Å². The van der Waals surface area contributed by atoms with Crippen LogP contribution in [0.1, 0.15) is 40.0 Å². The average Bonchev–Trinajstić information content (AvgIpc) is 2.37. The first-order chi connectivity index (χ1) is 9.66. The molecule has 2 N–H and O–H groups in total. The normalized spacial score (nSPS) is 12.1. The summed E-state index contributed by atoms with van der Waals surface area (Å²) in [5, 5.41) is 12.0. The maximum Gasteiger partial charge on any atom is 0.303 e. The number of carboxylic acids is 1. The molecule has 1 aromatic rings. The third-order valence-corrected chi connectivity index (χ3v) is 5.07. The molecule has 1 rings (SSSR count). The Morgan fingerprint density at radius 3 is 2.29 bits per heavy atom. The van der Waals surface area contributed by atoms with Crippen LogP contribution in [0.15, 0.2) is 29.2 Å². The summed E-state index contributed by atoms with van der Waals surface area (Å²) in [5.74, 6) is -0.685. The molecule has 5 nitrogen and oxygen atoms in total. The lowest BCUT2D eigenvalue weighted by molar-refractivity contribution is -0.137. The number of hydrogen-bond acceptors (Lipinski definition) is 4. The summed E-state index contributed by atoms with van der Waals surface area (Å²) in [6, 6.07) is 6.59. The first kappa shape index (κ1) is 17.5. The summed E-state index contributed by atoms with van der Waals surface area (Å²) in [7, 11) is -3.20. The number of rotatable bonds is 8. The highest BCUT2D eigenvalue weighted by Gasteiger charge is 2.19. The van der Waals surface area contributed by atoms with Crippen LogP contribution in [0.2, 0.25) is 0 Å². The lowest BCUT2D eigenvalue weighted by Gasteiger charge is -2.27. The second-order valence-corrected chi connectivity index (χ2v) is 7.86. The molecule has 21 heavy (non-hydrogen) atoms. The largest absolute Gasteiger partial charge is 0.481 e. The van der Waals surface area contributed by atoms with Crippen LogP contribution in [-0.2, 0) is 14.6 Å². The predicted octanol–water partition coefficient (Wildman–Crippen LogP) is 2.93. The van der Waals surface area contributed by atoms with Gasteiger partial charge in [-0.2, -0.15) is 0 Å². The fraction of sp³-hybridized carbons (Fsp3) is 0.533. The molecule has 0 saturated carbocycles.